The molecule has 1 aromatic rings. The summed E-state index contributed by atoms with van der Waals surface area (Å²) in [5, 5.41) is 0. The number of hydrogen-bond acceptors (Lipinski definition) is 2. The fourth-order valence-electron chi connectivity index (χ4n) is 1.98. The Morgan fingerprint density at radius 1 is 1.22 bits per heavy atom. The summed E-state index contributed by atoms with van der Waals surface area (Å²) in [6, 6.07) is 9.58. The first kappa shape index (κ1) is 14.9. The molecule has 1 unspecified atom stereocenters. The van der Waals surface area contributed by atoms with E-state index in [1.54, 1.807) is 0 Å². The van der Waals surface area contributed by atoms with E-state index >= 15 is 0 Å². The molecule has 0 N–H and O–H groups in total. The van der Waals surface area contributed by atoms with Gasteiger partial charge in [0.05, 0.1) is 0 Å². The van der Waals surface area contributed by atoms with E-state index in [-0.39, 0.29) is 5.78 Å². The molecule has 0 spiro atoms. The zero-order valence-electron chi connectivity index (χ0n) is 11.9. The number of carbonyl (C=O) groups is 1. The van der Waals surface area contributed by atoms with Gasteiger partial charge in [0.1, 0.15) is 0 Å². The number of nitrogens with zero attached hydrogens (tertiary/aromatic N) is 1. The molecule has 0 aliphatic rings. The second-order valence-electron chi connectivity index (χ2n) is 4.95. The summed E-state index contributed by atoms with van der Waals surface area (Å²) >= 11 is 0. The minimum Gasteiger partial charge on any atom is -0.303 e. The highest BCUT2D eigenvalue weighted by molar-refractivity contribution is 5.96. The molecule has 0 saturated heterocycles. The summed E-state index contributed by atoms with van der Waals surface area (Å²) < 4.78 is 0. The van der Waals surface area contributed by atoms with Crippen molar-refractivity contribution in [2.45, 2.75) is 33.6 Å². The van der Waals surface area contributed by atoms with E-state index in [4.69, 9.17) is 0 Å². The van der Waals surface area contributed by atoms with Gasteiger partial charge in [-0.05, 0) is 12.5 Å². The van der Waals surface area contributed by atoms with Crippen LogP contribution in [-0.4, -0.2) is 30.3 Å². The molecule has 0 aliphatic carbocycles. The van der Waals surface area contributed by atoms with Crippen LogP contribution in [0.15, 0.2) is 30.3 Å². The molecule has 18 heavy (non-hydrogen) atoms. The Morgan fingerprint density at radius 2 is 1.89 bits per heavy atom. The van der Waals surface area contributed by atoms with Crippen molar-refractivity contribution in [2.75, 3.05) is 19.6 Å². The number of ketones is 1. The molecular formula is C16H25NO. The third-order valence-corrected chi connectivity index (χ3v) is 3.46. The lowest BCUT2D eigenvalue weighted by atomic mass is 10.1. The highest BCUT2D eigenvalue weighted by atomic mass is 16.1. The van der Waals surface area contributed by atoms with E-state index in [0.717, 1.165) is 25.2 Å². The average Bonchev–Trinajstić information content (AvgIpc) is 2.43. The van der Waals surface area contributed by atoms with Gasteiger partial charge in [-0.15, -0.1) is 0 Å². The Bertz CT molecular complexity index is 347. The van der Waals surface area contributed by atoms with Crippen molar-refractivity contribution in [3.8, 4) is 0 Å². The summed E-state index contributed by atoms with van der Waals surface area (Å²) in [6.07, 6.45) is 1.82. The maximum atomic E-state index is 12.0. The molecule has 1 atom stereocenters. The first-order chi connectivity index (χ1) is 8.67. The van der Waals surface area contributed by atoms with Crippen LogP contribution in [0.1, 0.15) is 44.0 Å². The molecule has 0 fully saturated rings. The molecular weight excluding hydrogens is 222 g/mol. The summed E-state index contributed by atoms with van der Waals surface area (Å²) in [5.74, 6) is 0.954. The first-order valence-electron chi connectivity index (χ1n) is 6.98. The van der Waals surface area contributed by atoms with E-state index in [0.29, 0.717) is 12.3 Å². The van der Waals surface area contributed by atoms with Crippen LogP contribution in [0.4, 0.5) is 0 Å². The number of hydrogen-bond donors (Lipinski definition) is 0. The molecule has 1 rings (SSSR count). The van der Waals surface area contributed by atoms with Crippen LogP contribution >= 0.6 is 0 Å². The van der Waals surface area contributed by atoms with Gasteiger partial charge in [0.15, 0.2) is 5.78 Å². The molecule has 0 aromatic heterocycles. The standard InChI is InChI=1S/C16H25NO/c1-4-14(3)13-17(5-2)12-11-16(18)15-9-7-6-8-10-15/h6-10,14H,4-5,11-13H2,1-3H3. The monoisotopic (exact) mass is 247 g/mol. The third-order valence-electron chi connectivity index (χ3n) is 3.46. The zero-order chi connectivity index (χ0) is 13.4. The SMILES string of the molecule is CCC(C)CN(CC)CCC(=O)c1ccccc1. The quantitative estimate of drug-likeness (QED) is 0.654. The number of Topliss-reactive ketones (excluding diaryl/α,β-unsaturated/α-hetero) is 1. The lowest BCUT2D eigenvalue weighted by molar-refractivity contribution is 0.0961. The first-order valence-corrected chi connectivity index (χ1v) is 6.98. The van der Waals surface area contributed by atoms with Crippen molar-refractivity contribution < 1.29 is 4.79 Å². The van der Waals surface area contributed by atoms with Crippen molar-refractivity contribution in [3.05, 3.63) is 35.9 Å². The molecule has 100 valence electrons. The van der Waals surface area contributed by atoms with Gasteiger partial charge in [-0.1, -0.05) is 57.5 Å². The van der Waals surface area contributed by atoms with Gasteiger partial charge in [-0.25, -0.2) is 0 Å². The minimum atomic E-state index is 0.248. The Labute approximate surface area is 111 Å². The van der Waals surface area contributed by atoms with Crippen LogP contribution in [0.25, 0.3) is 0 Å². The minimum absolute atomic E-state index is 0.248. The molecule has 0 saturated carbocycles. The van der Waals surface area contributed by atoms with Crippen molar-refractivity contribution in [2.24, 2.45) is 5.92 Å². The molecule has 0 radical (unpaired) electrons. The predicted octanol–water partition coefficient (Wildman–Crippen LogP) is 3.63. The van der Waals surface area contributed by atoms with Gasteiger partial charge in [0, 0.05) is 25.1 Å². The smallest absolute Gasteiger partial charge is 0.164 e. The predicted molar refractivity (Wildman–Crippen MR) is 77.0 cm³/mol. The van der Waals surface area contributed by atoms with E-state index in [9.17, 15) is 4.79 Å². The van der Waals surface area contributed by atoms with E-state index in [2.05, 4.69) is 25.7 Å². The van der Waals surface area contributed by atoms with Crippen molar-refractivity contribution in [1.29, 1.82) is 0 Å². The van der Waals surface area contributed by atoms with Crippen molar-refractivity contribution >= 4 is 5.78 Å². The fourth-order valence-corrected chi connectivity index (χ4v) is 1.98. The van der Waals surface area contributed by atoms with Crippen LogP contribution < -0.4 is 0 Å². The molecule has 2 nitrogen and oxygen atoms in total. The Kier molecular flexibility index (Phi) is 6.66. The van der Waals surface area contributed by atoms with Crippen LogP contribution in [0, 0.1) is 5.92 Å². The van der Waals surface area contributed by atoms with Gasteiger partial charge < -0.3 is 4.90 Å². The topological polar surface area (TPSA) is 20.3 Å². The van der Waals surface area contributed by atoms with E-state index < -0.39 is 0 Å². The summed E-state index contributed by atoms with van der Waals surface area (Å²) in [4.78, 5) is 14.4. The van der Waals surface area contributed by atoms with Gasteiger partial charge in [0.25, 0.3) is 0 Å². The Hall–Kier alpha value is -1.15. The van der Waals surface area contributed by atoms with Crippen molar-refractivity contribution in [1.82, 2.24) is 4.90 Å². The van der Waals surface area contributed by atoms with Crippen LogP contribution in [0.2, 0.25) is 0 Å². The normalized spacial score (nSPS) is 12.7. The molecule has 0 heterocycles. The maximum Gasteiger partial charge on any atom is 0.164 e. The third kappa shape index (κ3) is 5.01. The molecule has 0 bridgehead atoms. The number of carbonyl (C=O) groups excluding carboxylic acids is 1. The fraction of sp³-hybridized carbons (Fsp3) is 0.562. The van der Waals surface area contributed by atoms with Crippen LogP contribution in [-0.2, 0) is 0 Å². The Morgan fingerprint density at radius 3 is 2.44 bits per heavy atom. The lowest BCUT2D eigenvalue weighted by Crippen LogP contribution is -2.30. The van der Waals surface area contributed by atoms with Gasteiger partial charge in [0.2, 0.25) is 0 Å². The molecule has 0 amide bonds. The summed E-state index contributed by atoms with van der Waals surface area (Å²) in [6.45, 7) is 9.63. The van der Waals surface area contributed by atoms with E-state index in [1.807, 2.05) is 30.3 Å². The molecule has 1 aromatic carbocycles. The second kappa shape index (κ2) is 8.04. The molecule has 0 aliphatic heterocycles. The highest BCUT2D eigenvalue weighted by Crippen LogP contribution is 2.07. The Balaban J connectivity index is 2.41. The zero-order valence-corrected chi connectivity index (χ0v) is 11.9. The summed E-state index contributed by atoms with van der Waals surface area (Å²) in [5.41, 5.74) is 0.831. The molecule has 2 heteroatoms. The van der Waals surface area contributed by atoms with Crippen LogP contribution in [0.5, 0.6) is 0 Å². The lowest BCUT2D eigenvalue weighted by Gasteiger charge is -2.23. The average molecular weight is 247 g/mol. The van der Waals surface area contributed by atoms with Crippen LogP contribution in [0.3, 0.4) is 0 Å². The van der Waals surface area contributed by atoms with Gasteiger partial charge in [-0.3, -0.25) is 4.79 Å². The summed E-state index contributed by atoms with van der Waals surface area (Å²) in [7, 11) is 0. The van der Waals surface area contributed by atoms with Gasteiger partial charge in [-0.2, -0.15) is 0 Å². The number of rotatable bonds is 8. The van der Waals surface area contributed by atoms with Gasteiger partial charge >= 0.3 is 0 Å². The highest BCUT2D eigenvalue weighted by Gasteiger charge is 2.10. The number of benzene rings is 1. The largest absolute Gasteiger partial charge is 0.303 e. The second-order valence-corrected chi connectivity index (χ2v) is 4.95. The van der Waals surface area contributed by atoms with E-state index in [1.165, 1.54) is 6.42 Å². The maximum absolute atomic E-state index is 12.0. The van der Waals surface area contributed by atoms with Crippen molar-refractivity contribution in [3.63, 3.8) is 0 Å².